The van der Waals surface area contributed by atoms with Crippen LogP contribution in [0.15, 0.2) is 23.2 Å². The lowest BCUT2D eigenvalue weighted by molar-refractivity contribution is -0.135. The minimum absolute atomic E-state index is 0.122. The van der Waals surface area contributed by atoms with Gasteiger partial charge in [0.05, 0.1) is 0 Å². The van der Waals surface area contributed by atoms with E-state index in [1.807, 2.05) is 0 Å². The van der Waals surface area contributed by atoms with E-state index in [2.05, 4.69) is 22.9 Å². The summed E-state index contributed by atoms with van der Waals surface area (Å²) in [6.07, 6.45) is 1.44. The molecule has 0 spiro atoms. The van der Waals surface area contributed by atoms with Gasteiger partial charge in [0.1, 0.15) is 12.2 Å². The maximum absolute atomic E-state index is 11.3. The van der Waals surface area contributed by atoms with Gasteiger partial charge in [0, 0.05) is 11.1 Å². The fourth-order valence-electron chi connectivity index (χ4n) is 0.811. The summed E-state index contributed by atoms with van der Waals surface area (Å²) < 4.78 is 0. The average Bonchev–Trinajstić information content (AvgIpc) is 2.15. The molecule has 1 amide bonds. The number of carbonyl (C=O) groups excluding carboxylic acids is 1. The van der Waals surface area contributed by atoms with Gasteiger partial charge in [-0.15, -0.1) is 12.6 Å². The summed E-state index contributed by atoms with van der Waals surface area (Å²) in [6, 6.07) is 3.24. The third kappa shape index (κ3) is 2.74. The van der Waals surface area contributed by atoms with Crippen molar-refractivity contribution >= 4 is 24.5 Å². The number of nitrogens with zero attached hydrogens (tertiary/aromatic N) is 1. The van der Waals surface area contributed by atoms with Gasteiger partial charge in [0.2, 0.25) is 0 Å². The lowest BCUT2D eigenvalue weighted by Crippen LogP contribution is -2.30. The van der Waals surface area contributed by atoms with Crippen molar-refractivity contribution in [2.24, 2.45) is 0 Å². The topological polar surface area (TPSA) is 79.3 Å². The highest BCUT2D eigenvalue weighted by Gasteiger charge is 2.10. The van der Waals surface area contributed by atoms with E-state index in [-0.39, 0.29) is 5.69 Å². The Hall–Kier alpha value is -1.56. The molecule has 0 aliphatic rings. The molecule has 0 bridgehead atoms. The van der Waals surface area contributed by atoms with E-state index in [1.165, 1.54) is 6.20 Å². The van der Waals surface area contributed by atoms with Gasteiger partial charge >= 0.3 is 5.97 Å². The van der Waals surface area contributed by atoms with Crippen molar-refractivity contribution in [1.29, 1.82) is 0 Å². The van der Waals surface area contributed by atoms with Crippen LogP contribution in [0.1, 0.15) is 10.5 Å². The number of rotatable bonds is 3. The molecule has 0 saturated carbocycles. The van der Waals surface area contributed by atoms with E-state index in [0.29, 0.717) is 4.90 Å². The Morgan fingerprint density at radius 3 is 2.86 bits per heavy atom. The molecular formula is C8H8N2O3S. The second kappa shape index (κ2) is 4.61. The van der Waals surface area contributed by atoms with Crippen LogP contribution in [0.2, 0.25) is 0 Å². The molecule has 1 aromatic rings. The summed E-state index contributed by atoms with van der Waals surface area (Å²) in [5.41, 5.74) is 0.122. The number of carboxylic acids is 1. The molecule has 14 heavy (non-hydrogen) atoms. The number of thiol groups is 1. The number of amides is 1. The van der Waals surface area contributed by atoms with E-state index < -0.39 is 18.4 Å². The van der Waals surface area contributed by atoms with Crippen molar-refractivity contribution in [2.75, 3.05) is 6.54 Å². The van der Waals surface area contributed by atoms with E-state index in [0.717, 1.165) is 0 Å². The Balaban J connectivity index is 2.70. The number of nitrogens with one attached hydrogen (secondary N) is 1. The highest BCUT2D eigenvalue weighted by molar-refractivity contribution is 7.80. The normalized spacial score (nSPS) is 9.50. The zero-order valence-corrected chi connectivity index (χ0v) is 7.99. The molecule has 1 rings (SSSR count). The van der Waals surface area contributed by atoms with Crippen LogP contribution in [0.25, 0.3) is 0 Å². The number of hydrogen-bond acceptors (Lipinski definition) is 4. The van der Waals surface area contributed by atoms with Crippen LogP contribution in [0.4, 0.5) is 0 Å². The predicted octanol–water partition coefficient (Wildman–Crippen LogP) is 0.185. The van der Waals surface area contributed by atoms with Gasteiger partial charge in [-0.2, -0.15) is 0 Å². The molecule has 0 unspecified atom stereocenters. The van der Waals surface area contributed by atoms with Gasteiger partial charge < -0.3 is 10.4 Å². The standard InChI is InChI=1S/C8H8N2O3S/c11-6(12)4-10-8(13)7-5(14)2-1-3-9-7/h1-3,14H,4H2,(H,10,13)(H,11,12). The Labute approximate surface area is 85.6 Å². The number of hydrogen-bond donors (Lipinski definition) is 3. The molecule has 1 heterocycles. The molecular weight excluding hydrogens is 204 g/mol. The van der Waals surface area contributed by atoms with Crippen molar-refractivity contribution in [3.05, 3.63) is 24.0 Å². The first kappa shape index (κ1) is 10.5. The summed E-state index contributed by atoms with van der Waals surface area (Å²) in [6.45, 7) is -0.428. The predicted molar refractivity (Wildman–Crippen MR) is 51.5 cm³/mol. The lowest BCUT2D eigenvalue weighted by Gasteiger charge is -2.02. The van der Waals surface area contributed by atoms with E-state index in [9.17, 15) is 9.59 Å². The summed E-state index contributed by atoms with van der Waals surface area (Å²) in [5.74, 6) is -1.65. The molecule has 0 saturated heterocycles. The van der Waals surface area contributed by atoms with E-state index in [1.54, 1.807) is 12.1 Å². The first-order valence-electron chi connectivity index (χ1n) is 3.75. The largest absolute Gasteiger partial charge is 0.480 e. The quantitative estimate of drug-likeness (QED) is 0.625. The summed E-state index contributed by atoms with van der Waals surface area (Å²) in [4.78, 5) is 25.6. The second-order valence-electron chi connectivity index (χ2n) is 2.45. The van der Waals surface area contributed by atoms with Crippen molar-refractivity contribution in [2.45, 2.75) is 4.90 Å². The first-order chi connectivity index (χ1) is 6.61. The summed E-state index contributed by atoms with van der Waals surface area (Å²) >= 11 is 4.01. The molecule has 1 aromatic heterocycles. The molecule has 0 radical (unpaired) electrons. The van der Waals surface area contributed by atoms with Gasteiger partial charge in [-0.05, 0) is 12.1 Å². The Kier molecular flexibility index (Phi) is 3.47. The molecule has 0 aliphatic heterocycles. The molecule has 2 N–H and O–H groups in total. The van der Waals surface area contributed by atoms with Gasteiger partial charge in [-0.3, -0.25) is 9.59 Å². The van der Waals surface area contributed by atoms with Crippen LogP contribution in [-0.4, -0.2) is 28.5 Å². The third-order valence-electron chi connectivity index (χ3n) is 1.40. The zero-order valence-electron chi connectivity index (χ0n) is 7.10. The summed E-state index contributed by atoms with van der Waals surface area (Å²) in [7, 11) is 0. The van der Waals surface area contributed by atoms with Gasteiger partial charge in [-0.1, -0.05) is 0 Å². The van der Waals surface area contributed by atoms with Crippen LogP contribution >= 0.6 is 12.6 Å². The maximum Gasteiger partial charge on any atom is 0.322 e. The van der Waals surface area contributed by atoms with Crippen LogP contribution in [0.3, 0.4) is 0 Å². The third-order valence-corrected chi connectivity index (χ3v) is 1.76. The highest BCUT2D eigenvalue weighted by atomic mass is 32.1. The second-order valence-corrected chi connectivity index (χ2v) is 2.93. The molecule has 0 aromatic carbocycles. The highest BCUT2D eigenvalue weighted by Crippen LogP contribution is 2.08. The lowest BCUT2D eigenvalue weighted by atomic mass is 10.3. The number of carbonyl (C=O) groups is 2. The molecule has 0 atom stereocenters. The van der Waals surface area contributed by atoms with Gasteiger partial charge in [0.25, 0.3) is 5.91 Å². The van der Waals surface area contributed by atoms with Crippen molar-refractivity contribution in [1.82, 2.24) is 10.3 Å². The minimum atomic E-state index is -1.10. The fourth-order valence-corrected chi connectivity index (χ4v) is 1.06. The van der Waals surface area contributed by atoms with E-state index >= 15 is 0 Å². The van der Waals surface area contributed by atoms with Crippen LogP contribution in [0, 0.1) is 0 Å². The molecule has 5 nitrogen and oxygen atoms in total. The number of pyridine rings is 1. The SMILES string of the molecule is O=C(O)CNC(=O)c1ncccc1S. The Bertz CT molecular complexity index is 367. The van der Waals surface area contributed by atoms with Crippen LogP contribution in [0.5, 0.6) is 0 Å². The van der Waals surface area contributed by atoms with Crippen LogP contribution < -0.4 is 5.32 Å². The van der Waals surface area contributed by atoms with Crippen molar-refractivity contribution in [3.63, 3.8) is 0 Å². The smallest absolute Gasteiger partial charge is 0.322 e. The monoisotopic (exact) mass is 212 g/mol. The Morgan fingerprint density at radius 2 is 2.29 bits per heavy atom. The minimum Gasteiger partial charge on any atom is -0.480 e. The Morgan fingerprint density at radius 1 is 1.57 bits per heavy atom. The van der Waals surface area contributed by atoms with E-state index in [4.69, 9.17) is 5.11 Å². The number of carboxylic acid groups (broad SMARTS) is 1. The maximum atomic E-state index is 11.3. The van der Waals surface area contributed by atoms with Crippen molar-refractivity contribution < 1.29 is 14.7 Å². The zero-order chi connectivity index (χ0) is 10.6. The molecule has 6 heteroatoms. The number of aliphatic carboxylic acids is 1. The average molecular weight is 212 g/mol. The fraction of sp³-hybridized carbons (Fsp3) is 0.125. The van der Waals surface area contributed by atoms with Gasteiger partial charge in [-0.25, -0.2) is 4.98 Å². The number of aromatic nitrogens is 1. The van der Waals surface area contributed by atoms with Crippen LogP contribution in [-0.2, 0) is 4.79 Å². The van der Waals surface area contributed by atoms with Gasteiger partial charge in [0.15, 0.2) is 0 Å². The van der Waals surface area contributed by atoms with Crippen molar-refractivity contribution in [3.8, 4) is 0 Å². The molecule has 0 aliphatic carbocycles. The summed E-state index contributed by atoms with van der Waals surface area (Å²) in [5, 5.41) is 10.5. The molecule has 74 valence electrons. The molecule has 0 fully saturated rings. The first-order valence-corrected chi connectivity index (χ1v) is 4.20.